The first-order valence-electron chi connectivity index (χ1n) is 2.77. The van der Waals surface area contributed by atoms with Gasteiger partial charge in [-0.25, -0.2) is 0 Å². The Hall–Kier alpha value is 1.10. The number of aliphatic hydroxyl groups excluding tert-OH is 1. The van der Waals surface area contributed by atoms with Crippen molar-refractivity contribution in [1.82, 2.24) is 0 Å². The van der Waals surface area contributed by atoms with Gasteiger partial charge in [0.2, 0.25) is 0 Å². The minimum atomic E-state index is -3.24. The van der Waals surface area contributed by atoms with Crippen LogP contribution in [0.25, 0.3) is 0 Å². The van der Waals surface area contributed by atoms with E-state index in [2.05, 4.69) is 20.2 Å². The van der Waals surface area contributed by atoms with E-state index in [1.54, 1.807) is 0 Å². The van der Waals surface area contributed by atoms with Crippen molar-refractivity contribution < 1.29 is 72.6 Å². The minimum absolute atomic E-state index is 0. The third-order valence-corrected chi connectivity index (χ3v) is 2.40. The van der Waals surface area contributed by atoms with Crippen LogP contribution in [0.1, 0.15) is 0 Å². The summed E-state index contributed by atoms with van der Waals surface area (Å²) in [5.74, 6) is 0. The minimum Gasteiger partial charge on any atom is -0.563 e. The molecule has 0 saturated carbocycles. The molecule has 0 aliphatic heterocycles. The Morgan fingerprint density at radius 1 is 0.833 bits per heavy atom. The van der Waals surface area contributed by atoms with Gasteiger partial charge in [0.05, 0.1) is 0 Å². The summed E-state index contributed by atoms with van der Waals surface area (Å²) in [4.78, 5) is 37.0. The normalized spacial score (nSPS) is 11.4. The van der Waals surface area contributed by atoms with Crippen molar-refractivity contribution in [3.63, 3.8) is 0 Å². The first kappa shape index (κ1) is 27.4. The van der Waals surface area contributed by atoms with E-state index in [4.69, 9.17) is 5.11 Å². The van der Waals surface area contributed by atoms with Crippen LogP contribution >= 0.6 is 44.6 Å². The van der Waals surface area contributed by atoms with Gasteiger partial charge in [-0.05, 0) is 18.3 Å². The molecule has 0 aromatic carbocycles. The Balaban J connectivity index is -0.0000000857. The second-order valence-corrected chi connectivity index (χ2v) is 4.51. The molecule has 17 heteroatoms. The molecule has 0 spiro atoms. The van der Waals surface area contributed by atoms with Crippen molar-refractivity contribution in [3.05, 3.63) is 0 Å². The summed E-state index contributed by atoms with van der Waals surface area (Å²) >= 11 is 4.55. The van der Waals surface area contributed by atoms with Crippen molar-refractivity contribution >= 4 is 44.6 Å². The van der Waals surface area contributed by atoms with Gasteiger partial charge < -0.3 is 24.7 Å². The van der Waals surface area contributed by atoms with Crippen LogP contribution < -0.4 is 19.6 Å². The Morgan fingerprint density at radius 2 is 0.944 bits per heavy atom. The zero-order valence-electron chi connectivity index (χ0n) is 7.81. The summed E-state index contributed by atoms with van der Waals surface area (Å²) in [5, 5.41) is 7.33. The summed E-state index contributed by atoms with van der Waals surface area (Å²) in [6.07, 6.45) is 0. The second-order valence-electron chi connectivity index (χ2n) is 1.18. The Morgan fingerprint density at radius 3 is 0.944 bits per heavy atom. The molecule has 0 bridgehead atoms. The summed E-state index contributed by atoms with van der Waals surface area (Å²) in [5.41, 5.74) is 0. The number of rotatable bonds is 4. The molecule has 0 heterocycles. The molecule has 102 valence electrons. The van der Waals surface area contributed by atoms with Gasteiger partial charge in [-0.1, -0.05) is 11.6 Å². The first-order valence-corrected chi connectivity index (χ1v) is 7.69. The van der Waals surface area contributed by atoms with Crippen LogP contribution in [0.3, 0.4) is 0 Å². The molecule has 0 rings (SSSR count). The maximum absolute atomic E-state index is 9.24. The maximum atomic E-state index is 9.24. The third kappa shape index (κ3) is 53.5. The molecule has 4 unspecified atom stereocenters. The number of hydrogen-bond acceptors (Lipinski definition) is 11. The molecule has 11 nitrogen and oxygen atoms in total. The summed E-state index contributed by atoms with van der Waals surface area (Å²) in [6.45, 7) is 0. The van der Waals surface area contributed by atoms with Crippen LogP contribution in [-0.2, 0) is 47.9 Å². The molecule has 0 aliphatic carbocycles. The van der Waals surface area contributed by atoms with Crippen molar-refractivity contribution in [1.29, 1.82) is 0 Å². The van der Waals surface area contributed by atoms with Gasteiger partial charge in [0.1, 0.15) is 14.7 Å². The van der Waals surface area contributed by atoms with E-state index >= 15 is 0 Å². The predicted molar refractivity (Wildman–Crippen MR) is 45.5 cm³/mol. The van der Waals surface area contributed by atoms with Crippen LogP contribution in [0.5, 0.6) is 0 Å². The van der Waals surface area contributed by atoms with Crippen molar-refractivity contribution in [3.8, 4) is 0 Å². The Labute approximate surface area is 123 Å². The van der Waals surface area contributed by atoms with Gasteiger partial charge >= 0.3 is 54.1 Å². The largest absolute Gasteiger partial charge is 4.00 e. The van der Waals surface area contributed by atoms with Gasteiger partial charge in [0.15, 0.2) is 0 Å². The molecular weight excluding hydrogens is 443 g/mol. The van der Waals surface area contributed by atoms with Crippen LogP contribution in [0.4, 0.5) is 0 Å². The standard InChI is InChI=1S/CH3ClO.Mo.2O5P2/c2-1-3;;2*1-6(2)5-7(3)4/h3H,1H2;;;/q;+4;;. The molecule has 0 radical (unpaired) electrons. The van der Waals surface area contributed by atoms with Crippen LogP contribution in [-0.4, -0.2) is 11.2 Å². The molecule has 0 aromatic rings. The Bertz CT molecular complexity index is 220. The number of aliphatic hydroxyl groups is 1. The van der Waals surface area contributed by atoms with Gasteiger partial charge in [0.25, 0.3) is 0 Å². The van der Waals surface area contributed by atoms with Crippen molar-refractivity contribution in [2.45, 2.75) is 0 Å². The SMILES string of the molecule is O=[P+]([O-])O[P+](=O)[O-].O=[P+]([O-])O[P+](=O)[O-].OCCl.[Mo+4]. The average Bonchev–Trinajstić information content (AvgIpc) is 1.99. The fraction of sp³-hybridized carbons (Fsp3) is 1.00. The molecule has 0 fully saturated rings. The molecule has 0 saturated heterocycles. The number of hydrogen-bond donors (Lipinski definition) is 1. The molecule has 0 aliphatic rings. The molecule has 18 heavy (non-hydrogen) atoms. The van der Waals surface area contributed by atoms with E-state index in [1.807, 2.05) is 0 Å². The van der Waals surface area contributed by atoms with Gasteiger partial charge in [-0.15, -0.1) is 0 Å². The summed E-state index contributed by atoms with van der Waals surface area (Å²) < 4.78 is 43.3. The van der Waals surface area contributed by atoms with Crippen LogP contribution in [0.15, 0.2) is 0 Å². The summed E-state index contributed by atoms with van der Waals surface area (Å²) in [7, 11) is -12.9. The topological polar surface area (TPSA) is 199 Å². The molecule has 4 atom stereocenters. The van der Waals surface area contributed by atoms with Crippen LogP contribution in [0, 0.1) is 0 Å². The summed E-state index contributed by atoms with van der Waals surface area (Å²) in [6, 6.07) is -0.278. The zero-order valence-corrected chi connectivity index (χ0v) is 14.2. The smallest absolute Gasteiger partial charge is 0.563 e. The first-order chi connectivity index (χ1) is 7.67. The van der Waals surface area contributed by atoms with E-state index < -0.39 is 33.0 Å². The monoisotopic (exact) mass is 448 g/mol. The van der Waals surface area contributed by atoms with Crippen molar-refractivity contribution in [2.24, 2.45) is 0 Å². The second kappa shape index (κ2) is 20.4. The van der Waals surface area contributed by atoms with E-state index in [0.29, 0.717) is 0 Å². The Kier molecular flexibility index (Phi) is 31.1. The fourth-order valence-corrected chi connectivity index (χ4v) is 0.980. The number of halogens is 1. The van der Waals surface area contributed by atoms with E-state index in [-0.39, 0.29) is 27.1 Å². The van der Waals surface area contributed by atoms with E-state index in [9.17, 15) is 37.8 Å². The average molecular weight is 446 g/mol. The predicted octanol–water partition coefficient (Wildman–Crippen LogP) is -1.75. The fourth-order valence-electron chi connectivity index (χ4n) is 0.109. The molecule has 0 aromatic heterocycles. The third-order valence-electron chi connectivity index (χ3n) is 0.267. The molecule has 1 N–H and O–H groups in total. The van der Waals surface area contributed by atoms with Gasteiger partial charge in [0, 0.05) is 0 Å². The van der Waals surface area contributed by atoms with E-state index in [0.717, 1.165) is 0 Å². The quantitative estimate of drug-likeness (QED) is 0.292. The van der Waals surface area contributed by atoms with Gasteiger partial charge in [-0.3, -0.25) is 0 Å². The number of alkyl halides is 1. The maximum Gasteiger partial charge on any atom is 4.00 e. The van der Waals surface area contributed by atoms with Gasteiger partial charge in [-0.2, -0.15) is 0 Å². The van der Waals surface area contributed by atoms with Crippen molar-refractivity contribution in [2.75, 3.05) is 6.07 Å². The van der Waals surface area contributed by atoms with E-state index in [1.165, 1.54) is 0 Å². The molecule has 0 amide bonds. The molecular formula is CH3ClMoO11P4+4. The van der Waals surface area contributed by atoms with Crippen LogP contribution in [0.2, 0.25) is 0 Å². The zero-order chi connectivity index (χ0) is 14.4.